The smallest absolute Gasteiger partial charge is 0.325 e. The molecule has 1 amide bonds. The van der Waals surface area contributed by atoms with Gasteiger partial charge in [0, 0.05) is 10.8 Å². The number of carbonyl (C=O) groups is 2. The molecular weight excluding hydrogens is 420 g/mol. The molecule has 1 saturated carbocycles. The summed E-state index contributed by atoms with van der Waals surface area (Å²) in [5.41, 5.74) is 2.96. The van der Waals surface area contributed by atoms with Gasteiger partial charge in [0.05, 0.1) is 6.61 Å². The minimum absolute atomic E-state index is 0.197. The molecule has 5 rings (SSSR count). The maximum atomic E-state index is 13.3. The van der Waals surface area contributed by atoms with Crippen LogP contribution in [0.15, 0.2) is 54.9 Å². The molecule has 1 aliphatic carbocycles. The second-order valence-corrected chi connectivity index (χ2v) is 7.98. The van der Waals surface area contributed by atoms with E-state index in [0.717, 1.165) is 29.2 Å². The van der Waals surface area contributed by atoms with Crippen LogP contribution in [0.5, 0.6) is 5.75 Å². The molecule has 0 unspecified atom stereocenters. The van der Waals surface area contributed by atoms with E-state index in [2.05, 4.69) is 21.5 Å². The molecule has 8 heteroatoms. The van der Waals surface area contributed by atoms with Crippen LogP contribution in [0.3, 0.4) is 0 Å². The van der Waals surface area contributed by atoms with Gasteiger partial charge in [0.2, 0.25) is 0 Å². The minimum atomic E-state index is -0.510. The Balaban J connectivity index is 1.64. The summed E-state index contributed by atoms with van der Waals surface area (Å²) >= 11 is 0. The summed E-state index contributed by atoms with van der Waals surface area (Å²) in [7, 11) is 0. The Hall–Kier alpha value is -3.94. The summed E-state index contributed by atoms with van der Waals surface area (Å²) in [6.07, 6.45) is 3.68. The number of esters is 1. The predicted octanol–water partition coefficient (Wildman–Crippen LogP) is 3.63. The number of nitrogens with one attached hydrogen (secondary N) is 1. The van der Waals surface area contributed by atoms with Crippen LogP contribution >= 0.6 is 0 Å². The van der Waals surface area contributed by atoms with E-state index in [1.54, 1.807) is 6.92 Å². The molecule has 1 aliphatic rings. The van der Waals surface area contributed by atoms with Crippen LogP contribution in [0.25, 0.3) is 16.4 Å². The van der Waals surface area contributed by atoms with E-state index in [1.165, 1.54) is 16.4 Å². The minimum Gasteiger partial charge on any atom is -0.486 e. The van der Waals surface area contributed by atoms with Crippen LogP contribution in [0.4, 0.5) is 0 Å². The van der Waals surface area contributed by atoms with E-state index >= 15 is 0 Å². The summed E-state index contributed by atoms with van der Waals surface area (Å²) in [6, 6.07) is 15.8. The molecule has 0 aliphatic heterocycles. The molecular formula is C25H24N4O4. The van der Waals surface area contributed by atoms with Gasteiger partial charge in [-0.2, -0.15) is 5.10 Å². The number of nitrogens with zero attached hydrogens (tertiary/aromatic N) is 3. The van der Waals surface area contributed by atoms with Gasteiger partial charge >= 0.3 is 5.97 Å². The van der Waals surface area contributed by atoms with Crippen molar-refractivity contribution in [2.24, 2.45) is 0 Å². The van der Waals surface area contributed by atoms with Crippen molar-refractivity contribution < 1.29 is 19.1 Å². The average molecular weight is 444 g/mol. The number of pyridine rings is 1. The third-order valence-electron chi connectivity index (χ3n) is 5.70. The van der Waals surface area contributed by atoms with Crippen molar-refractivity contribution in [2.45, 2.75) is 32.3 Å². The normalized spacial score (nSPS) is 13.2. The summed E-state index contributed by atoms with van der Waals surface area (Å²) in [5, 5.41) is 8.72. The third-order valence-corrected chi connectivity index (χ3v) is 5.70. The number of fused-ring (bicyclic) bond motifs is 3. The lowest BCUT2D eigenvalue weighted by molar-refractivity contribution is -0.141. The monoisotopic (exact) mass is 444 g/mol. The lowest BCUT2D eigenvalue weighted by Gasteiger charge is -2.17. The number of amides is 1. The molecule has 0 saturated heterocycles. The lowest BCUT2D eigenvalue weighted by atomic mass is 10.0. The molecule has 33 heavy (non-hydrogen) atoms. The maximum absolute atomic E-state index is 13.3. The van der Waals surface area contributed by atoms with E-state index in [1.807, 2.05) is 42.5 Å². The van der Waals surface area contributed by atoms with Gasteiger partial charge in [-0.15, -0.1) is 0 Å². The van der Waals surface area contributed by atoms with Crippen molar-refractivity contribution in [1.29, 1.82) is 0 Å². The molecule has 8 nitrogen and oxygen atoms in total. The second kappa shape index (κ2) is 8.90. The van der Waals surface area contributed by atoms with Crippen molar-refractivity contribution in [1.82, 2.24) is 19.9 Å². The summed E-state index contributed by atoms with van der Waals surface area (Å²) in [4.78, 5) is 29.6. The highest BCUT2D eigenvalue weighted by Crippen LogP contribution is 2.46. The lowest BCUT2D eigenvalue weighted by Crippen LogP contribution is -2.32. The van der Waals surface area contributed by atoms with Gasteiger partial charge in [-0.1, -0.05) is 48.5 Å². The second-order valence-electron chi connectivity index (χ2n) is 7.98. The third kappa shape index (κ3) is 4.11. The van der Waals surface area contributed by atoms with Crippen molar-refractivity contribution in [3.8, 4) is 5.75 Å². The van der Waals surface area contributed by atoms with Gasteiger partial charge in [0.25, 0.3) is 5.91 Å². The summed E-state index contributed by atoms with van der Waals surface area (Å²) in [5.74, 6) is -0.111. The summed E-state index contributed by atoms with van der Waals surface area (Å²) < 4.78 is 12.7. The topological polar surface area (TPSA) is 94.8 Å². The predicted molar refractivity (Wildman–Crippen MR) is 122 cm³/mol. The van der Waals surface area contributed by atoms with Crippen LogP contribution in [-0.2, 0) is 16.1 Å². The zero-order valence-corrected chi connectivity index (χ0v) is 18.3. The summed E-state index contributed by atoms with van der Waals surface area (Å²) in [6.45, 7) is 1.99. The molecule has 2 aromatic carbocycles. The zero-order valence-electron chi connectivity index (χ0n) is 18.3. The zero-order chi connectivity index (χ0) is 22.8. The first-order valence-corrected chi connectivity index (χ1v) is 11.1. The van der Waals surface area contributed by atoms with E-state index in [0.29, 0.717) is 17.3 Å². The highest BCUT2D eigenvalue weighted by Gasteiger charge is 2.30. The molecule has 1 N–H and O–H groups in total. The molecule has 4 aromatic rings. The Bertz CT molecular complexity index is 1330. The fourth-order valence-electron chi connectivity index (χ4n) is 4.07. The molecule has 0 bridgehead atoms. The van der Waals surface area contributed by atoms with E-state index in [9.17, 15) is 9.59 Å². The van der Waals surface area contributed by atoms with Gasteiger partial charge in [-0.25, -0.2) is 9.50 Å². The first-order chi connectivity index (χ1) is 16.2. The van der Waals surface area contributed by atoms with Crippen LogP contribution in [0, 0.1) is 0 Å². The molecule has 168 valence electrons. The number of hydrogen-bond acceptors (Lipinski definition) is 6. The Labute approximate surface area is 190 Å². The van der Waals surface area contributed by atoms with Crippen LogP contribution in [-0.4, -0.2) is 39.6 Å². The van der Waals surface area contributed by atoms with Crippen LogP contribution in [0.1, 0.15) is 47.3 Å². The molecule has 2 heterocycles. The standard InChI is InChI=1S/C25H24N4O4/c1-2-32-20(30)13-26-25(31)22-23(33-14-16-7-4-3-5-8-16)19-10-6-9-18(17-11-12-17)21(19)24-27-15-28-29(22)24/h3-10,15,17H,2,11-14H2,1H3,(H,26,31). The Morgan fingerprint density at radius 3 is 2.70 bits per heavy atom. The van der Waals surface area contributed by atoms with Gasteiger partial charge < -0.3 is 14.8 Å². The first-order valence-electron chi connectivity index (χ1n) is 11.1. The number of aromatic nitrogens is 3. The molecule has 0 spiro atoms. The molecule has 0 radical (unpaired) electrons. The number of ether oxygens (including phenoxy) is 2. The van der Waals surface area contributed by atoms with Crippen LogP contribution in [0.2, 0.25) is 0 Å². The fraction of sp³-hybridized carbons (Fsp3) is 0.280. The Kier molecular flexibility index (Phi) is 5.64. The Morgan fingerprint density at radius 2 is 1.94 bits per heavy atom. The quantitative estimate of drug-likeness (QED) is 0.417. The number of carbonyl (C=O) groups excluding carboxylic acids is 2. The highest BCUT2D eigenvalue weighted by atomic mass is 16.5. The van der Waals surface area contributed by atoms with Crippen molar-refractivity contribution in [3.05, 3.63) is 71.7 Å². The molecule has 2 aromatic heterocycles. The molecule has 0 atom stereocenters. The van der Waals surface area contributed by atoms with Crippen molar-refractivity contribution >= 4 is 28.3 Å². The van der Waals surface area contributed by atoms with E-state index in [-0.39, 0.29) is 25.5 Å². The van der Waals surface area contributed by atoms with Crippen molar-refractivity contribution in [3.63, 3.8) is 0 Å². The molecule has 1 fully saturated rings. The van der Waals surface area contributed by atoms with Crippen molar-refractivity contribution in [2.75, 3.05) is 13.2 Å². The highest BCUT2D eigenvalue weighted by molar-refractivity contribution is 6.08. The first kappa shape index (κ1) is 20.9. The van der Waals surface area contributed by atoms with Gasteiger partial charge in [-0.05, 0) is 36.8 Å². The number of benzene rings is 2. The largest absolute Gasteiger partial charge is 0.486 e. The fourth-order valence-corrected chi connectivity index (χ4v) is 4.07. The average Bonchev–Trinajstić information content (AvgIpc) is 3.57. The van der Waals surface area contributed by atoms with Gasteiger partial charge in [0.15, 0.2) is 17.1 Å². The van der Waals surface area contributed by atoms with Gasteiger partial charge in [0.1, 0.15) is 19.5 Å². The van der Waals surface area contributed by atoms with Gasteiger partial charge in [-0.3, -0.25) is 9.59 Å². The van der Waals surface area contributed by atoms with E-state index < -0.39 is 11.9 Å². The maximum Gasteiger partial charge on any atom is 0.325 e. The number of hydrogen-bond donors (Lipinski definition) is 1. The SMILES string of the molecule is CCOC(=O)CNC(=O)c1c(OCc2ccccc2)c2cccc(C3CC3)c2c2ncnn12. The Morgan fingerprint density at radius 1 is 1.12 bits per heavy atom. The number of rotatable bonds is 8. The van der Waals surface area contributed by atoms with Crippen LogP contribution < -0.4 is 10.1 Å². The van der Waals surface area contributed by atoms with E-state index in [4.69, 9.17) is 9.47 Å².